The summed E-state index contributed by atoms with van der Waals surface area (Å²) in [6.07, 6.45) is 0. The van der Waals surface area contributed by atoms with Crippen molar-refractivity contribution in [1.82, 2.24) is 0 Å². The quantitative estimate of drug-likeness (QED) is 0.457. The van der Waals surface area contributed by atoms with Crippen LogP contribution in [0, 0.1) is 0 Å². The fourth-order valence-electron chi connectivity index (χ4n) is 2.18. The molecule has 0 amide bonds. The van der Waals surface area contributed by atoms with Crippen molar-refractivity contribution in [3.8, 4) is 10.4 Å². The molecule has 0 aliphatic carbocycles. The maximum atomic E-state index is 13.4. The minimum atomic E-state index is -4.31. The van der Waals surface area contributed by atoms with E-state index in [-0.39, 0.29) is 4.70 Å². The first-order chi connectivity index (χ1) is 9.47. The molecule has 0 aliphatic rings. The van der Waals surface area contributed by atoms with Crippen molar-refractivity contribution < 1.29 is 13.2 Å². The van der Waals surface area contributed by atoms with Gasteiger partial charge in [-0.2, -0.15) is 0 Å². The van der Waals surface area contributed by atoms with Gasteiger partial charge < -0.3 is 0 Å². The molecule has 0 nitrogen and oxygen atoms in total. The number of hydrogen-bond acceptors (Lipinski definition) is 0. The molecule has 0 saturated heterocycles. The van der Waals surface area contributed by atoms with Crippen molar-refractivity contribution in [3.63, 3.8) is 0 Å². The van der Waals surface area contributed by atoms with Crippen LogP contribution in [0.5, 0.6) is 0 Å². The Morgan fingerprint density at radius 1 is 0.900 bits per heavy atom. The van der Waals surface area contributed by atoms with Crippen LogP contribution >= 0.6 is 22.1 Å². The summed E-state index contributed by atoms with van der Waals surface area (Å²) in [6.45, 7) is 0. The number of hydrogen-bond donors (Lipinski definition) is 0. The number of halogens is 4. The van der Waals surface area contributed by atoms with Gasteiger partial charge in [-0.05, 0) is 24.3 Å². The molecular weight excluding hydrogens is 305 g/mol. The van der Waals surface area contributed by atoms with Crippen LogP contribution in [0.1, 0.15) is 0 Å². The highest BCUT2D eigenvalue weighted by molar-refractivity contribution is 7.41. The van der Waals surface area contributed by atoms with E-state index >= 15 is 0 Å². The number of thiophene rings is 1. The van der Waals surface area contributed by atoms with Crippen molar-refractivity contribution in [2.24, 2.45) is 0 Å². The number of rotatable bonds is 1. The lowest BCUT2D eigenvalue weighted by atomic mass is 10.1. The summed E-state index contributed by atoms with van der Waals surface area (Å²) >= 11 is 5.85. The lowest BCUT2D eigenvalue weighted by molar-refractivity contribution is -0.0864. The Bertz CT molecular complexity index is 760. The van der Waals surface area contributed by atoms with E-state index in [0.717, 1.165) is 0 Å². The zero-order valence-electron chi connectivity index (χ0n) is 10.1. The van der Waals surface area contributed by atoms with Crippen LogP contribution in [0.4, 0.5) is 13.2 Å². The summed E-state index contributed by atoms with van der Waals surface area (Å²) in [4.78, 5) is 0.301. The van der Waals surface area contributed by atoms with Gasteiger partial charge in [-0.25, -0.2) is 0 Å². The Hall–Kier alpha value is -1.52. The van der Waals surface area contributed by atoms with E-state index in [1.807, 2.05) is 0 Å². The Morgan fingerprint density at radius 2 is 1.60 bits per heavy atom. The topological polar surface area (TPSA) is 0 Å². The van der Waals surface area contributed by atoms with Gasteiger partial charge in [0.1, 0.15) is 10.5 Å². The van der Waals surface area contributed by atoms with E-state index in [9.17, 15) is 13.2 Å². The largest absolute Gasteiger partial charge is 0.601 e. The molecule has 3 rings (SSSR count). The van der Waals surface area contributed by atoms with Gasteiger partial charge in [0.25, 0.3) is 0 Å². The van der Waals surface area contributed by atoms with Crippen molar-refractivity contribution in [3.05, 3.63) is 59.6 Å². The van der Waals surface area contributed by atoms with Crippen LogP contribution in [0.25, 0.3) is 20.5 Å². The van der Waals surface area contributed by atoms with Gasteiger partial charge in [0.15, 0.2) is 9.58 Å². The molecule has 20 heavy (non-hydrogen) atoms. The molecule has 0 fully saturated rings. The normalized spacial score (nSPS) is 12.9. The zero-order valence-corrected chi connectivity index (χ0v) is 11.7. The molecule has 0 radical (unpaired) electrons. The maximum Gasteiger partial charge on any atom is 0.601 e. The number of fused-ring (bicyclic) bond motifs is 1. The Morgan fingerprint density at radius 3 is 2.25 bits per heavy atom. The molecule has 0 saturated carbocycles. The SMILES string of the molecule is FC(F)(F)[s+]1c(-c2ccccc2)cc2ccc(Cl)cc21. The highest BCUT2D eigenvalue weighted by atomic mass is 35.5. The summed E-state index contributed by atoms with van der Waals surface area (Å²) in [7, 11) is -1.94. The van der Waals surface area contributed by atoms with Crippen molar-refractivity contribution >= 4 is 32.2 Å². The molecule has 5 heteroatoms. The second-order valence-electron chi connectivity index (χ2n) is 4.31. The van der Waals surface area contributed by atoms with Crippen LogP contribution < -0.4 is 0 Å². The third kappa shape index (κ3) is 2.30. The highest BCUT2D eigenvalue weighted by Gasteiger charge is 2.48. The molecule has 1 unspecified atom stereocenters. The average Bonchev–Trinajstić information content (AvgIpc) is 2.78. The molecule has 1 aromatic heterocycles. The van der Waals surface area contributed by atoms with Gasteiger partial charge in [-0.15, -0.1) is 13.2 Å². The first-order valence-electron chi connectivity index (χ1n) is 5.84. The number of alkyl halides is 3. The predicted molar refractivity (Wildman–Crippen MR) is 78.2 cm³/mol. The molecule has 1 heterocycles. The third-order valence-electron chi connectivity index (χ3n) is 2.99. The first-order valence-corrected chi connectivity index (χ1v) is 7.45. The smallest absolute Gasteiger partial charge is 0.118 e. The van der Waals surface area contributed by atoms with Gasteiger partial charge in [-0.1, -0.05) is 29.8 Å². The predicted octanol–water partition coefficient (Wildman–Crippen LogP) is 6.39. The van der Waals surface area contributed by atoms with Gasteiger partial charge in [-0.3, -0.25) is 0 Å². The van der Waals surface area contributed by atoms with Crippen LogP contribution in [0.15, 0.2) is 54.6 Å². The van der Waals surface area contributed by atoms with Crippen LogP contribution in [-0.4, -0.2) is 0 Å². The molecule has 102 valence electrons. The molecule has 1 atom stereocenters. The van der Waals surface area contributed by atoms with Crippen molar-refractivity contribution in [2.75, 3.05) is 0 Å². The average molecular weight is 314 g/mol. The van der Waals surface area contributed by atoms with E-state index in [0.29, 0.717) is 20.8 Å². The van der Waals surface area contributed by atoms with Crippen molar-refractivity contribution in [1.29, 1.82) is 0 Å². The number of benzene rings is 2. The van der Waals surface area contributed by atoms with E-state index in [1.165, 1.54) is 6.07 Å². The van der Waals surface area contributed by atoms with Crippen LogP contribution in [-0.2, 0) is 5.51 Å². The van der Waals surface area contributed by atoms with Crippen LogP contribution in [0.2, 0.25) is 5.02 Å². The van der Waals surface area contributed by atoms with E-state index in [4.69, 9.17) is 11.6 Å². The Labute approximate surface area is 121 Å². The van der Waals surface area contributed by atoms with Gasteiger partial charge in [0.05, 0.1) is 0 Å². The van der Waals surface area contributed by atoms with Crippen molar-refractivity contribution in [2.45, 2.75) is 5.51 Å². The zero-order chi connectivity index (χ0) is 14.3. The van der Waals surface area contributed by atoms with Gasteiger partial charge in [0.2, 0.25) is 0 Å². The Balaban J connectivity index is 2.37. The molecular formula is C15H9ClF3S+. The van der Waals surface area contributed by atoms with E-state index < -0.39 is 16.0 Å². The fourth-order valence-corrected chi connectivity index (χ4v) is 4.37. The second-order valence-corrected chi connectivity index (χ2v) is 6.70. The summed E-state index contributed by atoms with van der Waals surface area (Å²) in [5.41, 5.74) is -3.71. The van der Waals surface area contributed by atoms with Gasteiger partial charge in [0, 0.05) is 28.1 Å². The molecule has 0 N–H and O–H groups in total. The summed E-state index contributed by atoms with van der Waals surface area (Å²) < 4.78 is 40.6. The fraction of sp³-hybridized carbons (Fsp3) is 0.0667. The third-order valence-corrected chi connectivity index (χ3v) is 5.28. The van der Waals surface area contributed by atoms with E-state index in [2.05, 4.69) is 0 Å². The van der Waals surface area contributed by atoms with Crippen LogP contribution in [0.3, 0.4) is 0 Å². The van der Waals surface area contributed by atoms with Gasteiger partial charge >= 0.3 is 5.51 Å². The second kappa shape index (κ2) is 4.79. The first kappa shape index (κ1) is 13.5. The monoisotopic (exact) mass is 313 g/mol. The Kier molecular flexibility index (Phi) is 3.22. The lowest BCUT2D eigenvalue weighted by Crippen LogP contribution is -1.96. The summed E-state index contributed by atoms with van der Waals surface area (Å²) in [5.74, 6) is 0. The molecule has 2 aromatic carbocycles. The minimum Gasteiger partial charge on any atom is -0.118 e. The van der Waals surface area contributed by atoms with E-state index in [1.54, 1.807) is 48.5 Å². The minimum absolute atomic E-state index is 0.254. The lowest BCUT2D eigenvalue weighted by Gasteiger charge is -2.00. The maximum absolute atomic E-state index is 13.4. The summed E-state index contributed by atoms with van der Waals surface area (Å²) in [6, 6.07) is 14.9. The molecule has 3 aromatic rings. The molecule has 0 aliphatic heterocycles. The molecule has 0 bridgehead atoms. The standard InChI is InChI=1S/C15H9ClF3S/c16-12-7-6-11-8-13(10-4-2-1-3-5-10)20(14(11)9-12)15(17,18)19/h1-9H/q+1. The highest BCUT2D eigenvalue weighted by Crippen LogP contribution is 2.54. The molecule has 0 spiro atoms. The summed E-state index contributed by atoms with van der Waals surface area (Å²) in [5, 5.41) is 0.919.